The molecule has 4 rings (SSSR count). The molecule has 0 fully saturated rings. The molecule has 2 aromatic rings. The molecule has 136 valence electrons. The van der Waals surface area contributed by atoms with Crippen molar-refractivity contribution in [1.29, 1.82) is 0 Å². The third-order valence-corrected chi connectivity index (χ3v) is 15.1. The summed E-state index contributed by atoms with van der Waals surface area (Å²) in [4.78, 5) is 0. The van der Waals surface area contributed by atoms with Crippen LogP contribution in [0.2, 0.25) is 7.25 Å². The zero-order valence-corrected chi connectivity index (χ0v) is 21.2. The van der Waals surface area contributed by atoms with Gasteiger partial charge in [0, 0.05) is 0 Å². The van der Waals surface area contributed by atoms with Crippen molar-refractivity contribution < 1.29 is 26.8 Å². The molecule has 0 bridgehead atoms. The SMILES string of the molecule is Ic1cccc([O][Zr]([O]c2cccc(I)c2)([CH]2C=CC=C2)[CH]2C=CC=C2)c1. The number of halogens is 2. The van der Waals surface area contributed by atoms with E-state index in [0.29, 0.717) is 0 Å². The topological polar surface area (TPSA) is 18.5 Å². The average molecular weight is 659 g/mol. The quantitative estimate of drug-likeness (QED) is 0.307. The molecular weight excluding hydrogens is 641 g/mol. The van der Waals surface area contributed by atoms with Crippen LogP contribution in [0.15, 0.2) is 97.1 Å². The zero-order chi connectivity index (χ0) is 18.7. The Morgan fingerprint density at radius 1 is 0.630 bits per heavy atom. The van der Waals surface area contributed by atoms with Gasteiger partial charge in [-0.3, -0.25) is 0 Å². The average Bonchev–Trinajstić information content (AvgIpc) is 3.36. The van der Waals surface area contributed by atoms with Crippen LogP contribution in [0.25, 0.3) is 0 Å². The van der Waals surface area contributed by atoms with E-state index < -0.39 is 21.1 Å². The van der Waals surface area contributed by atoms with Crippen LogP contribution in [0.3, 0.4) is 0 Å². The third kappa shape index (κ3) is 4.51. The second kappa shape index (κ2) is 8.79. The maximum atomic E-state index is 6.87. The fourth-order valence-electron chi connectivity index (χ4n) is 3.34. The molecule has 0 saturated carbocycles. The first kappa shape index (κ1) is 19.7. The Morgan fingerprint density at radius 3 is 1.41 bits per heavy atom. The molecule has 0 heterocycles. The molecule has 0 saturated heterocycles. The number of rotatable bonds is 6. The summed E-state index contributed by atoms with van der Waals surface area (Å²) in [6.07, 6.45) is 17.4. The van der Waals surface area contributed by atoms with Gasteiger partial charge < -0.3 is 0 Å². The summed E-state index contributed by atoms with van der Waals surface area (Å²) < 4.78 is 16.5. The first-order valence-electron chi connectivity index (χ1n) is 8.75. The van der Waals surface area contributed by atoms with Gasteiger partial charge >= 0.3 is 195 Å². The van der Waals surface area contributed by atoms with Crippen LogP contribution in [0.5, 0.6) is 11.5 Å². The minimum atomic E-state index is -3.79. The Bertz CT molecular complexity index is 847. The molecule has 0 radical (unpaired) electrons. The van der Waals surface area contributed by atoms with Crippen molar-refractivity contribution in [2.45, 2.75) is 7.25 Å². The molecule has 0 unspecified atom stereocenters. The van der Waals surface area contributed by atoms with E-state index in [9.17, 15) is 0 Å². The Kier molecular flexibility index (Phi) is 6.39. The molecular formula is C22H18I2O2Zr. The summed E-state index contributed by atoms with van der Waals surface area (Å²) in [5.74, 6) is 1.79. The van der Waals surface area contributed by atoms with E-state index in [4.69, 9.17) is 5.63 Å². The molecule has 27 heavy (non-hydrogen) atoms. The fraction of sp³-hybridized carbons (Fsp3) is 0.0909. The molecule has 2 nitrogen and oxygen atoms in total. The van der Waals surface area contributed by atoms with Crippen molar-refractivity contribution in [1.82, 2.24) is 0 Å². The first-order chi connectivity index (χ1) is 13.2. The molecule has 0 N–H and O–H groups in total. The molecule has 0 aromatic heterocycles. The van der Waals surface area contributed by atoms with Gasteiger partial charge in [0.25, 0.3) is 0 Å². The molecule has 5 heteroatoms. The Balaban J connectivity index is 1.80. The molecule has 2 aliphatic rings. The van der Waals surface area contributed by atoms with Crippen LogP contribution < -0.4 is 5.63 Å². The van der Waals surface area contributed by atoms with E-state index in [1.165, 1.54) is 0 Å². The Hall–Kier alpha value is -0.657. The van der Waals surface area contributed by atoms with Gasteiger partial charge in [-0.25, -0.2) is 0 Å². The van der Waals surface area contributed by atoms with Gasteiger partial charge in [0.05, 0.1) is 0 Å². The van der Waals surface area contributed by atoms with Crippen LogP contribution in [0.4, 0.5) is 0 Å². The normalized spacial score (nSPS) is 16.4. The fourth-order valence-corrected chi connectivity index (χ4v) is 13.1. The van der Waals surface area contributed by atoms with Crippen LogP contribution in [0, 0.1) is 7.14 Å². The predicted octanol–water partition coefficient (Wildman–Crippen LogP) is 7.17. The second-order valence-corrected chi connectivity index (χ2v) is 16.8. The number of hydrogen-bond acceptors (Lipinski definition) is 2. The summed E-state index contributed by atoms with van der Waals surface area (Å²) in [5.41, 5.74) is 0. The van der Waals surface area contributed by atoms with Gasteiger partial charge in [0.15, 0.2) is 0 Å². The monoisotopic (exact) mass is 658 g/mol. The van der Waals surface area contributed by atoms with Crippen LogP contribution in [-0.2, 0) is 21.1 Å². The van der Waals surface area contributed by atoms with Crippen LogP contribution >= 0.6 is 45.2 Å². The van der Waals surface area contributed by atoms with Crippen molar-refractivity contribution in [2.24, 2.45) is 0 Å². The van der Waals surface area contributed by atoms with E-state index in [2.05, 4.69) is 118 Å². The summed E-state index contributed by atoms with van der Waals surface area (Å²) >= 11 is 0.865. The first-order valence-corrected chi connectivity index (χ1v) is 15.8. The summed E-state index contributed by atoms with van der Waals surface area (Å²) in [5, 5.41) is 0. The van der Waals surface area contributed by atoms with Gasteiger partial charge in [-0.2, -0.15) is 0 Å². The van der Waals surface area contributed by atoms with Crippen molar-refractivity contribution in [3.8, 4) is 11.5 Å². The van der Waals surface area contributed by atoms with Crippen LogP contribution in [-0.4, -0.2) is 0 Å². The van der Waals surface area contributed by atoms with Crippen LogP contribution in [0.1, 0.15) is 0 Å². The van der Waals surface area contributed by atoms with E-state index in [1.807, 2.05) is 24.3 Å². The van der Waals surface area contributed by atoms with Gasteiger partial charge in [-0.05, 0) is 0 Å². The molecule has 2 aromatic carbocycles. The summed E-state index contributed by atoms with van der Waals surface area (Å²) in [7, 11) is 0. The van der Waals surface area contributed by atoms with Crippen molar-refractivity contribution >= 4 is 45.2 Å². The van der Waals surface area contributed by atoms with Gasteiger partial charge in [-0.15, -0.1) is 0 Å². The zero-order valence-electron chi connectivity index (χ0n) is 14.5. The molecule has 2 aliphatic carbocycles. The van der Waals surface area contributed by atoms with Gasteiger partial charge in [-0.1, -0.05) is 0 Å². The maximum absolute atomic E-state index is 6.87. The van der Waals surface area contributed by atoms with E-state index in [1.54, 1.807) is 0 Å². The third-order valence-electron chi connectivity index (χ3n) is 4.57. The minimum absolute atomic E-state index is 0.201. The van der Waals surface area contributed by atoms with E-state index in [0.717, 1.165) is 18.6 Å². The Labute approximate surface area is 193 Å². The van der Waals surface area contributed by atoms with E-state index >= 15 is 0 Å². The summed E-state index contributed by atoms with van der Waals surface area (Å²) in [6, 6.07) is 16.5. The summed E-state index contributed by atoms with van der Waals surface area (Å²) in [6.45, 7) is 0. The molecule has 0 spiro atoms. The number of allylic oxidation sites excluding steroid dienone is 8. The number of benzene rings is 2. The van der Waals surface area contributed by atoms with Crippen molar-refractivity contribution in [3.05, 3.63) is 104 Å². The van der Waals surface area contributed by atoms with Crippen molar-refractivity contribution in [2.75, 3.05) is 0 Å². The number of hydrogen-bond donors (Lipinski definition) is 0. The van der Waals surface area contributed by atoms with Gasteiger partial charge in [0.1, 0.15) is 0 Å². The molecule has 0 aliphatic heterocycles. The molecule has 0 amide bonds. The second-order valence-electron chi connectivity index (χ2n) is 6.43. The predicted molar refractivity (Wildman–Crippen MR) is 124 cm³/mol. The Morgan fingerprint density at radius 2 is 1.04 bits per heavy atom. The van der Waals surface area contributed by atoms with Gasteiger partial charge in [0.2, 0.25) is 0 Å². The van der Waals surface area contributed by atoms with E-state index in [-0.39, 0.29) is 7.25 Å². The molecule has 0 atom stereocenters. The van der Waals surface area contributed by atoms with Crippen molar-refractivity contribution in [3.63, 3.8) is 0 Å². The standard InChI is InChI=1S/2C6H5IO.2C5H5.Zr/c2*7-5-2-1-3-6(8)4-5;2*1-2-4-5-3-1;/h2*1-4,8H;2*1-5H;/q;;;;+2/p-2.